The van der Waals surface area contributed by atoms with E-state index in [9.17, 15) is 9.18 Å². The molecule has 0 aliphatic heterocycles. The van der Waals surface area contributed by atoms with Crippen molar-refractivity contribution in [2.45, 2.75) is 12.5 Å². The minimum Gasteiger partial charge on any atom is -0.384 e. The molecule has 0 aliphatic carbocycles. The molecule has 0 fully saturated rings. The fraction of sp³-hybridized carbons (Fsp3) is 0.125. The quantitative estimate of drug-likeness (QED) is 0.654. The standard InChI is InChI=1S/C16H15ClFN3O/c1-2-3-12(19)10-5-6-11(17)14(15(10)18)16(22)9-4-7-13(20)21-8-9/h2,4-8,12H,1,3,19H2,(H2,20,21)/t12-/m1/s1. The van der Waals surface area contributed by atoms with Crippen molar-refractivity contribution in [1.82, 2.24) is 4.98 Å². The topological polar surface area (TPSA) is 82.0 Å². The lowest BCUT2D eigenvalue weighted by molar-refractivity contribution is 0.103. The van der Waals surface area contributed by atoms with Crippen LogP contribution in [0.25, 0.3) is 0 Å². The second kappa shape index (κ2) is 6.68. The summed E-state index contributed by atoms with van der Waals surface area (Å²) in [5.74, 6) is -1.02. The molecule has 0 spiro atoms. The molecule has 1 atom stereocenters. The molecule has 1 aromatic carbocycles. The number of ketones is 1. The molecule has 22 heavy (non-hydrogen) atoms. The maximum absolute atomic E-state index is 14.7. The molecule has 1 aromatic heterocycles. The number of aromatic nitrogens is 1. The van der Waals surface area contributed by atoms with Crippen LogP contribution in [0.3, 0.4) is 0 Å². The van der Waals surface area contributed by atoms with E-state index in [4.69, 9.17) is 23.1 Å². The van der Waals surface area contributed by atoms with Crippen LogP contribution in [-0.2, 0) is 0 Å². The summed E-state index contributed by atoms with van der Waals surface area (Å²) < 4.78 is 14.7. The van der Waals surface area contributed by atoms with Gasteiger partial charge in [0.15, 0.2) is 5.78 Å². The van der Waals surface area contributed by atoms with E-state index in [1.165, 1.54) is 30.5 Å². The van der Waals surface area contributed by atoms with Crippen molar-refractivity contribution in [1.29, 1.82) is 0 Å². The summed E-state index contributed by atoms with van der Waals surface area (Å²) in [4.78, 5) is 16.3. The molecular formula is C16H15ClFN3O. The van der Waals surface area contributed by atoms with Crippen molar-refractivity contribution in [3.05, 3.63) is 70.6 Å². The van der Waals surface area contributed by atoms with Gasteiger partial charge in [-0.05, 0) is 24.6 Å². The Labute approximate surface area is 132 Å². The van der Waals surface area contributed by atoms with E-state index in [2.05, 4.69) is 11.6 Å². The van der Waals surface area contributed by atoms with Gasteiger partial charge in [-0.25, -0.2) is 9.37 Å². The van der Waals surface area contributed by atoms with E-state index in [1.807, 2.05) is 0 Å². The van der Waals surface area contributed by atoms with Crippen LogP contribution in [0, 0.1) is 5.82 Å². The van der Waals surface area contributed by atoms with Crippen LogP contribution in [0.5, 0.6) is 0 Å². The molecule has 0 bridgehead atoms. The van der Waals surface area contributed by atoms with Crippen molar-refractivity contribution in [2.75, 3.05) is 5.73 Å². The van der Waals surface area contributed by atoms with E-state index >= 15 is 0 Å². The number of hydrogen-bond acceptors (Lipinski definition) is 4. The van der Waals surface area contributed by atoms with Gasteiger partial charge in [-0.1, -0.05) is 23.7 Å². The highest BCUT2D eigenvalue weighted by molar-refractivity contribution is 6.35. The third-order valence-corrected chi connectivity index (χ3v) is 3.53. The van der Waals surface area contributed by atoms with Crippen molar-refractivity contribution < 1.29 is 9.18 Å². The number of anilines is 1. The number of hydrogen-bond donors (Lipinski definition) is 2. The molecule has 0 aliphatic rings. The van der Waals surface area contributed by atoms with Gasteiger partial charge in [-0.3, -0.25) is 4.79 Å². The molecule has 1 heterocycles. The molecule has 4 N–H and O–H groups in total. The number of halogens is 2. The van der Waals surface area contributed by atoms with Gasteiger partial charge in [-0.15, -0.1) is 6.58 Å². The average molecular weight is 320 g/mol. The Morgan fingerprint density at radius 3 is 2.73 bits per heavy atom. The van der Waals surface area contributed by atoms with E-state index in [-0.39, 0.29) is 27.5 Å². The number of pyridine rings is 1. The number of nitrogen functional groups attached to an aromatic ring is 1. The summed E-state index contributed by atoms with van der Waals surface area (Å²) in [5.41, 5.74) is 11.6. The van der Waals surface area contributed by atoms with Gasteiger partial charge in [0.1, 0.15) is 11.6 Å². The highest BCUT2D eigenvalue weighted by Gasteiger charge is 2.23. The fourth-order valence-electron chi connectivity index (χ4n) is 2.05. The summed E-state index contributed by atoms with van der Waals surface area (Å²) in [7, 11) is 0. The van der Waals surface area contributed by atoms with Crippen LogP contribution in [0.1, 0.15) is 33.9 Å². The van der Waals surface area contributed by atoms with Crippen molar-refractivity contribution in [2.24, 2.45) is 5.73 Å². The molecule has 4 nitrogen and oxygen atoms in total. The van der Waals surface area contributed by atoms with Gasteiger partial charge in [0.05, 0.1) is 10.6 Å². The fourth-order valence-corrected chi connectivity index (χ4v) is 2.29. The van der Waals surface area contributed by atoms with Gasteiger partial charge < -0.3 is 11.5 Å². The van der Waals surface area contributed by atoms with E-state index in [1.54, 1.807) is 6.08 Å². The first-order valence-electron chi connectivity index (χ1n) is 6.56. The van der Waals surface area contributed by atoms with Gasteiger partial charge in [0.2, 0.25) is 0 Å². The third-order valence-electron chi connectivity index (χ3n) is 3.22. The Hall–Kier alpha value is -2.24. The molecule has 0 saturated heterocycles. The summed E-state index contributed by atoms with van der Waals surface area (Å²) >= 11 is 5.99. The summed E-state index contributed by atoms with van der Waals surface area (Å²) in [5, 5.41) is 0.0221. The zero-order chi connectivity index (χ0) is 16.3. The van der Waals surface area contributed by atoms with Gasteiger partial charge in [0.25, 0.3) is 0 Å². The van der Waals surface area contributed by atoms with Crippen LogP contribution in [0.15, 0.2) is 43.1 Å². The zero-order valence-corrected chi connectivity index (χ0v) is 12.5. The van der Waals surface area contributed by atoms with Crippen molar-refractivity contribution >= 4 is 23.2 Å². The Morgan fingerprint density at radius 1 is 1.41 bits per heavy atom. The Morgan fingerprint density at radius 2 is 2.14 bits per heavy atom. The highest BCUT2D eigenvalue weighted by Crippen LogP contribution is 2.28. The molecular weight excluding hydrogens is 305 g/mol. The number of carbonyl (C=O) groups excluding carboxylic acids is 1. The number of nitrogens with two attached hydrogens (primary N) is 2. The average Bonchev–Trinajstić information content (AvgIpc) is 2.48. The largest absolute Gasteiger partial charge is 0.384 e. The Bertz CT molecular complexity index is 716. The van der Waals surface area contributed by atoms with Crippen LogP contribution in [0.4, 0.5) is 10.2 Å². The number of rotatable bonds is 5. The van der Waals surface area contributed by atoms with E-state index in [0.717, 1.165) is 0 Å². The van der Waals surface area contributed by atoms with Crippen LogP contribution >= 0.6 is 11.6 Å². The molecule has 0 unspecified atom stereocenters. The smallest absolute Gasteiger partial charge is 0.199 e. The lowest BCUT2D eigenvalue weighted by atomic mass is 9.97. The summed E-state index contributed by atoms with van der Waals surface area (Å²) in [6.45, 7) is 3.57. The number of carbonyl (C=O) groups is 1. The normalized spacial score (nSPS) is 12.0. The van der Waals surface area contributed by atoms with Gasteiger partial charge in [-0.2, -0.15) is 0 Å². The highest BCUT2D eigenvalue weighted by atomic mass is 35.5. The van der Waals surface area contributed by atoms with Crippen molar-refractivity contribution in [3.8, 4) is 0 Å². The van der Waals surface area contributed by atoms with Crippen LogP contribution in [0.2, 0.25) is 5.02 Å². The molecule has 2 aromatic rings. The zero-order valence-electron chi connectivity index (χ0n) is 11.7. The van der Waals surface area contributed by atoms with Crippen LogP contribution < -0.4 is 11.5 Å². The minimum atomic E-state index is -0.719. The van der Waals surface area contributed by atoms with E-state index < -0.39 is 17.6 Å². The summed E-state index contributed by atoms with van der Waals surface area (Å²) in [6, 6.07) is 5.28. The third kappa shape index (κ3) is 3.16. The molecule has 2 rings (SSSR count). The second-order valence-corrected chi connectivity index (χ2v) is 5.16. The maximum atomic E-state index is 14.7. The first-order chi connectivity index (χ1) is 10.5. The predicted octanol–water partition coefficient (Wildman–Crippen LogP) is 3.26. The second-order valence-electron chi connectivity index (χ2n) is 4.76. The van der Waals surface area contributed by atoms with Gasteiger partial charge in [0, 0.05) is 23.4 Å². The maximum Gasteiger partial charge on any atom is 0.199 e. The monoisotopic (exact) mass is 319 g/mol. The van der Waals surface area contributed by atoms with Crippen molar-refractivity contribution in [3.63, 3.8) is 0 Å². The first kappa shape index (κ1) is 16.1. The number of nitrogens with zero attached hydrogens (tertiary/aromatic N) is 1. The molecule has 0 amide bonds. The molecule has 0 radical (unpaired) electrons. The number of benzene rings is 1. The Balaban J connectivity index is 2.50. The summed E-state index contributed by atoms with van der Waals surface area (Å²) in [6.07, 6.45) is 3.25. The van der Waals surface area contributed by atoms with Crippen LogP contribution in [-0.4, -0.2) is 10.8 Å². The molecule has 0 saturated carbocycles. The molecule has 6 heteroatoms. The first-order valence-corrected chi connectivity index (χ1v) is 6.94. The lowest BCUT2D eigenvalue weighted by Crippen LogP contribution is -2.15. The predicted molar refractivity (Wildman–Crippen MR) is 85.2 cm³/mol. The van der Waals surface area contributed by atoms with E-state index in [0.29, 0.717) is 6.42 Å². The molecule has 114 valence electrons. The van der Waals surface area contributed by atoms with Gasteiger partial charge >= 0.3 is 0 Å². The SMILES string of the molecule is C=CC[C@@H](N)c1ccc(Cl)c(C(=O)c2ccc(N)nc2)c1F. The lowest BCUT2D eigenvalue weighted by Gasteiger charge is -2.14. The Kier molecular flexibility index (Phi) is 4.90. The minimum absolute atomic E-state index is 0.0221.